The molecule has 0 aliphatic carbocycles. The number of benzene rings is 1. The van der Waals surface area contributed by atoms with Crippen LogP contribution in [0, 0.1) is 0 Å². The highest BCUT2D eigenvalue weighted by Crippen LogP contribution is 2.14. The maximum absolute atomic E-state index is 9.17. The second kappa shape index (κ2) is 7.24. The highest BCUT2D eigenvalue weighted by molar-refractivity contribution is 9.10. The average molecular weight is 313 g/mol. The van der Waals surface area contributed by atoms with Crippen molar-refractivity contribution >= 4 is 15.9 Å². The zero-order valence-corrected chi connectivity index (χ0v) is 12.2. The molecule has 0 spiro atoms. The highest BCUT2D eigenvalue weighted by Gasteiger charge is 2.17. The second-order valence-corrected chi connectivity index (χ2v) is 5.80. The monoisotopic (exact) mass is 312 g/mol. The maximum Gasteiger partial charge on any atom is 0.0558 e. The van der Waals surface area contributed by atoms with Crippen molar-refractivity contribution in [2.45, 2.75) is 25.4 Å². The third-order valence-electron chi connectivity index (χ3n) is 3.35. The molecule has 2 rings (SSSR count). The Labute approximate surface area is 117 Å². The van der Waals surface area contributed by atoms with Gasteiger partial charge in [-0.2, -0.15) is 0 Å². The first-order valence-corrected chi connectivity index (χ1v) is 7.38. The summed E-state index contributed by atoms with van der Waals surface area (Å²) >= 11 is 3.50. The minimum absolute atomic E-state index is 0.223. The van der Waals surface area contributed by atoms with E-state index >= 15 is 0 Å². The summed E-state index contributed by atoms with van der Waals surface area (Å²) in [6.45, 7) is 4.02. The van der Waals surface area contributed by atoms with Gasteiger partial charge in [-0.15, -0.1) is 0 Å². The topological polar surface area (TPSA) is 35.5 Å². The van der Waals surface area contributed by atoms with Crippen molar-refractivity contribution in [2.24, 2.45) is 0 Å². The molecule has 1 aromatic rings. The van der Waals surface area contributed by atoms with Crippen molar-refractivity contribution in [3.63, 3.8) is 0 Å². The minimum atomic E-state index is 0.223. The zero-order valence-electron chi connectivity index (χ0n) is 10.6. The van der Waals surface area contributed by atoms with E-state index in [1.807, 2.05) is 6.07 Å². The molecule has 1 heterocycles. The SMILES string of the molecule is OCCN(Cc1cccc(Br)c1)CC1CCCN1. The first kappa shape index (κ1) is 14.0. The first-order valence-electron chi connectivity index (χ1n) is 6.59. The number of nitrogens with zero attached hydrogens (tertiary/aromatic N) is 1. The van der Waals surface area contributed by atoms with Gasteiger partial charge in [0, 0.05) is 30.1 Å². The molecule has 4 heteroatoms. The summed E-state index contributed by atoms with van der Waals surface area (Å²) < 4.78 is 1.11. The Morgan fingerprint density at radius 1 is 1.44 bits per heavy atom. The molecular formula is C14H21BrN2O. The van der Waals surface area contributed by atoms with Gasteiger partial charge >= 0.3 is 0 Å². The van der Waals surface area contributed by atoms with Crippen LogP contribution in [0.15, 0.2) is 28.7 Å². The molecule has 1 atom stereocenters. The van der Waals surface area contributed by atoms with E-state index in [4.69, 9.17) is 0 Å². The van der Waals surface area contributed by atoms with E-state index in [9.17, 15) is 5.11 Å². The molecule has 1 aromatic carbocycles. The molecule has 3 nitrogen and oxygen atoms in total. The van der Waals surface area contributed by atoms with Gasteiger partial charge in [0.1, 0.15) is 0 Å². The summed E-state index contributed by atoms with van der Waals surface area (Å²) in [5, 5.41) is 12.7. The van der Waals surface area contributed by atoms with Gasteiger partial charge in [0.15, 0.2) is 0 Å². The van der Waals surface area contributed by atoms with E-state index in [1.54, 1.807) is 0 Å². The summed E-state index contributed by atoms with van der Waals surface area (Å²) in [5.41, 5.74) is 1.29. The number of halogens is 1. The number of aliphatic hydroxyl groups excluding tert-OH is 1. The Balaban J connectivity index is 1.92. The van der Waals surface area contributed by atoms with E-state index in [-0.39, 0.29) is 6.61 Å². The van der Waals surface area contributed by atoms with Crippen molar-refractivity contribution in [3.8, 4) is 0 Å². The number of hydrogen-bond acceptors (Lipinski definition) is 3. The van der Waals surface area contributed by atoms with Crippen LogP contribution in [-0.4, -0.2) is 42.3 Å². The van der Waals surface area contributed by atoms with Crippen molar-refractivity contribution in [1.82, 2.24) is 10.2 Å². The Hall–Kier alpha value is -0.420. The quantitative estimate of drug-likeness (QED) is 0.843. The molecule has 2 N–H and O–H groups in total. The summed E-state index contributed by atoms with van der Waals surface area (Å²) in [5.74, 6) is 0. The van der Waals surface area contributed by atoms with Crippen LogP contribution in [0.4, 0.5) is 0 Å². The second-order valence-electron chi connectivity index (χ2n) is 4.88. The van der Waals surface area contributed by atoms with Crippen LogP contribution in [0.25, 0.3) is 0 Å². The molecule has 1 saturated heterocycles. The van der Waals surface area contributed by atoms with Crippen molar-refractivity contribution in [3.05, 3.63) is 34.3 Å². The maximum atomic E-state index is 9.17. The smallest absolute Gasteiger partial charge is 0.0558 e. The predicted octanol–water partition coefficient (Wildman–Crippen LogP) is 2.00. The van der Waals surface area contributed by atoms with Gasteiger partial charge in [-0.1, -0.05) is 28.1 Å². The Morgan fingerprint density at radius 3 is 3.00 bits per heavy atom. The van der Waals surface area contributed by atoms with Crippen molar-refractivity contribution in [2.75, 3.05) is 26.2 Å². The minimum Gasteiger partial charge on any atom is -0.395 e. The van der Waals surface area contributed by atoms with Gasteiger partial charge < -0.3 is 10.4 Å². The summed E-state index contributed by atoms with van der Waals surface area (Å²) in [6.07, 6.45) is 2.52. The Morgan fingerprint density at radius 2 is 2.33 bits per heavy atom. The van der Waals surface area contributed by atoms with Crippen molar-refractivity contribution < 1.29 is 5.11 Å². The molecule has 0 aromatic heterocycles. The lowest BCUT2D eigenvalue weighted by Crippen LogP contribution is -2.38. The third-order valence-corrected chi connectivity index (χ3v) is 3.85. The average Bonchev–Trinajstić information content (AvgIpc) is 2.82. The molecule has 18 heavy (non-hydrogen) atoms. The molecule has 0 bridgehead atoms. The number of rotatable bonds is 6. The largest absolute Gasteiger partial charge is 0.395 e. The van der Waals surface area contributed by atoms with Crippen LogP contribution in [0.3, 0.4) is 0 Å². The van der Waals surface area contributed by atoms with E-state index in [1.165, 1.54) is 18.4 Å². The lowest BCUT2D eigenvalue weighted by Gasteiger charge is -2.25. The standard InChI is InChI=1S/C14H21BrN2O/c15-13-4-1-3-12(9-13)10-17(7-8-18)11-14-5-2-6-16-14/h1,3-4,9,14,16,18H,2,5-8,10-11H2. The number of hydrogen-bond donors (Lipinski definition) is 2. The molecule has 1 aliphatic heterocycles. The molecular weight excluding hydrogens is 292 g/mol. The molecule has 1 unspecified atom stereocenters. The van der Waals surface area contributed by atoms with Gasteiger partial charge in [0.25, 0.3) is 0 Å². The van der Waals surface area contributed by atoms with Gasteiger partial charge in [-0.25, -0.2) is 0 Å². The van der Waals surface area contributed by atoms with Crippen LogP contribution < -0.4 is 5.32 Å². The fraction of sp³-hybridized carbons (Fsp3) is 0.571. The Kier molecular flexibility index (Phi) is 5.63. The van der Waals surface area contributed by atoms with Crippen LogP contribution >= 0.6 is 15.9 Å². The Bertz CT molecular complexity index is 367. The molecule has 0 saturated carbocycles. The zero-order chi connectivity index (χ0) is 12.8. The van der Waals surface area contributed by atoms with Crippen LogP contribution in [-0.2, 0) is 6.54 Å². The highest BCUT2D eigenvalue weighted by atomic mass is 79.9. The van der Waals surface area contributed by atoms with Gasteiger partial charge in [-0.05, 0) is 37.1 Å². The first-order chi connectivity index (χ1) is 8.78. The lowest BCUT2D eigenvalue weighted by molar-refractivity contribution is 0.179. The fourth-order valence-electron chi connectivity index (χ4n) is 2.49. The molecule has 0 radical (unpaired) electrons. The summed E-state index contributed by atoms with van der Waals surface area (Å²) in [4.78, 5) is 2.32. The molecule has 1 aliphatic rings. The third kappa shape index (κ3) is 4.35. The van der Waals surface area contributed by atoms with Crippen LogP contribution in [0.2, 0.25) is 0 Å². The van der Waals surface area contributed by atoms with E-state index < -0.39 is 0 Å². The summed E-state index contributed by atoms with van der Waals surface area (Å²) in [7, 11) is 0. The molecule has 0 amide bonds. The van der Waals surface area contributed by atoms with E-state index in [0.717, 1.165) is 30.7 Å². The summed E-state index contributed by atoms with van der Waals surface area (Å²) in [6, 6.07) is 8.97. The van der Waals surface area contributed by atoms with Gasteiger partial charge in [-0.3, -0.25) is 4.90 Å². The molecule has 100 valence electrons. The van der Waals surface area contributed by atoms with Crippen LogP contribution in [0.1, 0.15) is 18.4 Å². The lowest BCUT2D eigenvalue weighted by atomic mass is 10.1. The predicted molar refractivity (Wildman–Crippen MR) is 77.5 cm³/mol. The van der Waals surface area contributed by atoms with Gasteiger partial charge in [0.05, 0.1) is 6.61 Å². The number of aliphatic hydroxyl groups is 1. The molecule has 1 fully saturated rings. The fourth-order valence-corrected chi connectivity index (χ4v) is 2.94. The van der Waals surface area contributed by atoms with Gasteiger partial charge in [0.2, 0.25) is 0 Å². The van der Waals surface area contributed by atoms with E-state index in [2.05, 4.69) is 44.3 Å². The van der Waals surface area contributed by atoms with Crippen LogP contribution in [0.5, 0.6) is 0 Å². The van der Waals surface area contributed by atoms with E-state index in [0.29, 0.717) is 6.04 Å². The normalized spacial score (nSPS) is 19.6. The number of nitrogens with one attached hydrogen (secondary N) is 1. The van der Waals surface area contributed by atoms with Crippen molar-refractivity contribution in [1.29, 1.82) is 0 Å².